The average molecular weight is 1540 g/mol. The minimum Gasteiger partial charge on any atom is -0.507 e. The van der Waals surface area contributed by atoms with E-state index in [1.165, 1.54) is 6.20 Å². The summed E-state index contributed by atoms with van der Waals surface area (Å²) in [4.78, 5) is 103. The van der Waals surface area contributed by atoms with Gasteiger partial charge in [-0.2, -0.15) is 0 Å². The molecule has 14 N–H and O–H groups in total. The first-order valence-corrected chi connectivity index (χ1v) is 36.7. The number of phenols is 3. The summed E-state index contributed by atoms with van der Waals surface area (Å²) in [6.07, 6.45) is 6.43. The third-order valence-corrected chi connectivity index (χ3v) is 21.2. The van der Waals surface area contributed by atoms with E-state index in [2.05, 4.69) is 40.9 Å². The van der Waals surface area contributed by atoms with Crippen molar-refractivity contribution in [2.24, 2.45) is 0 Å². The second-order valence-corrected chi connectivity index (χ2v) is 28.1. The number of phenolic OH excluding ortho intramolecular Hbond substituents is 3. The van der Waals surface area contributed by atoms with Gasteiger partial charge in [-0.1, -0.05) is 72.8 Å². The van der Waals surface area contributed by atoms with E-state index >= 15 is 0 Å². The molecule has 0 spiro atoms. The van der Waals surface area contributed by atoms with Crippen LogP contribution in [0.4, 0.5) is 51.3 Å². The molecule has 9 aromatic carbocycles. The topological polar surface area (TPSA) is 362 Å². The second kappa shape index (κ2) is 29.5. The number of nitrogens with one attached hydrogen (secondary N) is 5. The van der Waals surface area contributed by atoms with Gasteiger partial charge in [0.15, 0.2) is 0 Å². The van der Waals surface area contributed by atoms with Crippen molar-refractivity contribution >= 4 is 181 Å². The molecule has 24 nitrogen and oxygen atoms in total. The van der Waals surface area contributed by atoms with Crippen molar-refractivity contribution in [1.82, 2.24) is 29.3 Å². The van der Waals surface area contributed by atoms with E-state index in [1.54, 1.807) is 165 Å². The molecular weight excluding hydrogens is 1470 g/mol. The predicted molar refractivity (Wildman–Crippen MR) is 436 cm³/mol. The van der Waals surface area contributed by atoms with Gasteiger partial charge in [0.25, 0.3) is 35.4 Å². The summed E-state index contributed by atoms with van der Waals surface area (Å²) in [6.45, 7) is 1.19. The molecule has 0 unspecified atom stereocenters. The minimum atomic E-state index is -0.313. The molecule has 3 aliphatic rings. The molecule has 0 saturated carbocycles. The lowest BCUT2D eigenvalue weighted by Gasteiger charge is -2.17. The van der Waals surface area contributed by atoms with Crippen LogP contribution in [-0.2, 0) is 0 Å². The molecule has 9 heterocycles. The zero-order valence-electron chi connectivity index (χ0n) is 58.6. The molecule has 0 saturated heterocycles. The highest BCUT2D eigenvalue weighted by atomic mass is 35.5. The quantitative estimate of drug-likeness (QED) is 0.0400. The molecule has 0 aliphatic carbocycles. The Kier molecular flexibility index (Phi) is 19.0. The van der Waals surface area contributed by atoms with Gasteiger partial charge >= 0.3 is 0 Å². The fraction of sp³-hybridized carbons (Fsp3) is 0.107. The van der Waals surface area contributed by atoms with Crippen LogP contribution in [0.2, 0.25) is 0 Å². The van der Waals surface area contributed by atoms with Crippen molar-refractivity contribution in [1.29, 1.82) is 0 Å². The van der Waals surface area contributed by atoms with Crippen LogP contribution in [0.5, 0.6) is 17.2 Å². The molecule has 0 bridgehead atoms. The van der Waals surface area contributed by atoms with E-state index in [9.17, 15) is 44.1 Å². The van der Waals surface area contributed by atoms with Crippen molar-refractivity contribution in [3.05, 3.63) is 275 Å². The van der Waals surface area contributed by atoms with Crippen LogP contribution in [0.3, 0.4) is 0 Å². The van der Waals surface area contributed by atoms with Crippen molar-refractivity contribution < 1.29 is 44.1 Å². The Labute approximate surface area is 646 Å². The number of aromatic amines is 2. The number of carbonyl (C=O) groups is 6. The molecule has 18 rings (SSSR count). The number of nitrogen functional groups attached to an aromatic ring is 3. The largest absolute Gasteiger partial charge is 0.507 e. The number of nitrogens with two attached hydrogens (primary N) is 3. The van der Waals surface area contributed by atoms with Crippen LogP contribution in [0.1, 0.15) is 97.0 Å². The lowest BCUT2D eigenvalue weighted by atomic mass is 9.95. The van der Waals surface area contributed by atoms with Crippen LogP contribution < -0.4 is 47.9 Å². The minimum absolute atomic E-state index is 0.0627. The molecule has 15 aromatic rings. The standard InChI is InChI=1S/3C28H22ClN5O3/c29-12-17-14-34(23-11-24(35)20-3-1-2-4-21(20)25(17)23)28(37)22-10-16-9-19(13-31-26(16)33-22)32-27(36)15-5-7-18(30)8-6-15;29-12-17-14-34(23-11-24(35)19-3-1-2-4-20(19)26(17)23)28(37)21-9-16-10-25(31-13-22(16)32-21)33-27(36)15-5-7-18(30)8-6-15;29-12-17-13-34(23-11-24(35)20-3-1-2-4-21(20)26(17)23)28(37)22-15-33-14-19(9-10-25(33)32-22)31-27(36)16-5-7-18(30)8-6-16/h1-11,13,17,35H,12,14,30H2,(H,31,33)(H,32,36);1-11,13,17,32,35H,12,14,30H2,(H,31,33,36);1-11,14-15,17,35H,12-13,30H2,(H,31,36)/t3*17-/m111/s1. The lowest BCUT2D eigenvalue weighted by molar-refractivity contribution is 0.0976. The normalized spacial score (nSPS) is 14.7. The van der Waals surface area contributed by atoms with Gasteiger partial charge in [-0.15, -0.1) is 34.8 Å². The number of pyridine rings is 3. The van der Waals surface area contributed by atoms with Crippen LogP contribution >= 0.6 is 34.8 Å². The Balaban J connectivity index is 0.000000126. The summed E-state index contributed by atoms with van der Waals surface area (Å²) in [6, 6.07) is 57.8. The number of fused-ring (bicyclic) bond motifs is 12. The molecule has 0 radical (unpaired) electrons. The van der Waals surface area contributed by atoms with Crippen LogP contribution in [0, 0.1) is 0 Å². The number of alkyl halides is 3. The van der Waals surface area contributed by atoms with Gasteiger partial charge in [-0.25, -0.2) is 15.0 Å². The van der Waals surface area contributed by atoms with Crippen molar-refractivity contribution in [2.75, 3.05) is 85.1 Å². The average Bonchev–Trinajstić information content (AvgIpc) is 1.55. The number of anilines is 9. The third-order valence-electron chi connectivity index (χ3n) is 20.1. The number of aromatic nitrogens is 6. The SMILES string of the molecule is Nc1ccc(C(=O)Nc2cc3cc(C(=O)N4C[C@@H](CCl)c5c4cc(O)c4ccccc54)[nH]c3cn2)cc1.Nc1ccc(C(=O)Nc2ccc3nc(C(=O)N4C[C@@H](CCl)c5c4cc(O)c4ccccc54)cn3c2)cc1.Nc1ccc(C(=O)Nc2cnc3[nH]c(C(=O)N4C[C@@H](CCl)c5c4cc(O)c4ccccc54)cc3c2)cc1. The van der Waals surface area contributed by atoms with Crippen molar-refractivity contribution in [3.8, 4) is 17.2 Å². The number of benzene rings is 9. The summed E-state index contributed by atoms with van der Waals surface area (Å²) in [7, 11) is 0. The number of hydrogen-bond acceptors (Lipinski definition) is 15. The van der Waals surface area contributed by atoms with E-state index in [1.807, 2.05) is 72.8 Å². The number of imidazole rings is 1. The van der Waals surface area contributed by atoms with E-state index in [-0.39, 0.29) is 76.1 Å². The Morgan fingerprint density at radius 3 is 1.31 bits per heavy atom. The van der Waals surface area contributed by atoms with Gasteiger partial charge in [-0.3, -0.25) is 28.8 Å². The van der Waals surface area contributed by atoms with Crippen LogP contribution in [0.15, 0.2) is 225 Å². The Bertz CT molecular complexity index is 5690. The first-order valence-electron chi connectivity index (χ1n) is 35.1. The zero-order chi connectivity index (χ0) is 77.0. The van der Waals surface area contributed by atoms with Crippen molar-refractivity contribution in [2.45, 2.75) is 17.8 Å². The van der Waals surface area contributed by atoms with Gasteiger partial charge in [0.1, 0.15) is 51.4 Å². The van der Waals surface area contributed by atoms with E-state index in [0.29, 0.717) is 139 Å². The maximum Gasteiger partial charge on any atom is 0.278 e. The number of halogens is 3. The Hall–Kier alpha value is -13.7. The number of hydrogen-bond donors (Lipinski definition) is 11. The molecule has 6 amide bonds. The first kappa shape index (κ1) is 71.6. The molecular formula is C84H66Cl3N15O9. The zero-order valence-corrected chi connectivity index (χ0v) is 60.9. The van der Waals surface area contributed by atoms with Crippen molar-refractivity contribution in [3.63, 3.8) is 0 Å². The Morgan fingerprint density at radius 1 is 0.432 bits per heavy atom. The van der Waals surface area contributed by atoms with E-state index in [0.717, 1.165) is 54.4 Å². The van der Waals surface area contributed by atoms with Gasteiger partial charge in [0, 0.05) is 146 Å². The third kappa shape index (κ3) is 13.7. The highest BCUT2D eigenvalue weighted by Gasteiger charge is 2.39. The van der Waals surface area contributed by atoms with E-state index < -0.39 is 0 Å². The maximum atomic E-state index is 13.6. The second-order valence-electron chi connectivity index (χ2n) is 27.1. The van der Waals surface area contributed by atoms with E-state index in [4.69, 9.17) is 52.0 Å². The van der Waals surface area contributed by atoms with Gasteiger partial charge in [0.2, 0.25) is 0 Å². The molecule has 3 aliphatic heterocycles. The number of amides is 6. The highest BCUT2D eigenvalue weighted by Crippen LogP contribution is 2.49. The number of carbonyl (C=O) groups excluding carboxylic acids is 6. The highest BCUT2D eigenvalue weighted by molar-refractivity contribution is 6.21. The fourth-order valence-electron chi connectivity index (χ4n) is 14.7. The molecule has 0 fully saturated rings. The summed E-state index contributed by atoms with van der Waals surface area (Å²) < 4.78 is 1.69. The van der Waals surface area contributed by atoms with Gasteiger partial charge in [0.05, 0.1) is 46.3 Å². The summed E-state index contributed by atoms with van der Waals surface area (Å²) in [5.74, 6) is -0.140. The smallest absolute Gasteiger partial charge is 0.278 e. The monoisotopic (exact) mass is 1530 g/mol. The number of nitrogens with zero attached hydrogens (tertiary/aromatic N) is 7. The van der Waals surface area contributed by atoms with Crippen LogP contribution in [-0.4, -0.2) is 117 Å². The Morgan fingerprint density at radius 2 is 0.847 bits per heavy atom. The summed E-state index contributed by atoms with van der Waals surface area (Å²) in [5.41, 5.74) is 28.8. The molecule has 111 heavy (non-hydrogen) atoms. The number of H-pyrrole nitrogens is 2. The van der Waals surface area contributed by atoms with Crippen LogP contribution in [0.25, 0.3) is 59.9 Å². The predicted octanol–water partition coefficient (Wildman–Crippen LogP) is 15.5. The molecule has 6 aromatic heterocycles. The summed E-state index contributed by atoms with van der Waals surface area (Å²) in [5, 5.41) is 46.6. The molecule has 27 heteroatoms. The summed E-state index contributed by atoms with van der Waals surface area (Å²) >= 11 is 18.9. The molecule has 3 atom stereocenters. The maximum absolute atomic E-state index is 13.6. The van der Waals surface area contributed by atoms with Gasteiger partial charge < -0.3 is 77.5 Å². The number of rotatable bonds is 12. The number of aromatic hydroxyl groups is 3. The first-order chi connectivity index (χ1) is 53.8. The van der Waals surface area contributed by atoms with Gasteiger partial charge in [-0.05, 0) is 142 Å². The molecule has 552 valence electrons. The lowest BCUT2D eigenvalue weighted by Crippen LogP contribution is -2.30. The fourth-order valence-corrected chi connectivity index (χ4v) is 15.5.